The molecule has 92 valence electrons. The van der Waals surface area contributed by atoms with Crippen molar-refractivity contribution in [2.24, 2.45) is 0 Å². The second-order valence-electron chi connectivity index (χ2n) is 4.76. The lowest BCUT2D eigenvalue weighted by Crippen LogP contribution is -2.50. The van der Waals surface area contributed by atoms with Crippen LogP contribution in [0.15, 0.2) is 24.5 Å². The van der Waals surface area contributed by atoms with Crippen LogP contribution in [-0.2, 0) is 15.1 Å². The van der Waals surface area contributed by atoms with Crippen LogP contribution in [0.4, 0.5) is 0 Å². The quantitative estimate of drug-likeness (QED) is 0.787. The van der Waals surface area contributed by atoms with Crippen LogP contribution in [0.2, 0.25) is 0 Å². The molecule has 2 heterocycles. The number of hydrogen-bond acceptors (Lipinski definition) is 2. The van der Waals surface area contributed by atoms with Crippen LogP contribution >= 0.6 is 0 Å². The second kappa shape index (κ2) is 4.24. The number of nitrogens with one attached hydrogen (secondary N) is 2. The lowest BCUT2D eigenvalue weighted by molar-refractivity contribution is -0.132. The fraction of sp³-hybridized carbons (Fsp3) is 0.500. The van der Waals surface area contributed by atoms with E-state index < -0.39 is 11.6 Å². The van der Waals surface area contributed by atoms with Gasteiger partial charge in [-0.1, -0.05) is 0 Å². The molecular weight excluding hydrogens is 218 g/mol. The molecule has 1 aromatic rings. The van der Waals surface area contributed by atoms with Crippen molar-refractivity contribution in [3.8, 4) is 0 Å². The van der Waals surface area contributed by atoms with Gasteiger partial charge < -0.3 is 15.2 Å². The van der Waals surface area contributed by atoms with Gasteiger partial charge in [0.2, 0.25) is 11.8 Å². The summed E-state index contributed by atoms with van der Waals surface area (Å²) < 4.78 is 1.83. The molecular formula is C12H17N3O2. The molecule has 0 spiro atoms. The van der Waals surface area contributed by atoms with Crippen LogP contribution < -0.4 is 10.6 Å². The van der Waals surface area contributed by atoms with Crippen molar-refractivity contribution in [1.82, 2.24) is 15.2 Å². The topological polar surface area (TPSA) is 63.1 Å². The molecule has 2 N–H and O–H groups in total. The molecule has 17 heavy (non-hydrogen) atoms. The number of amides is 2. The van der Waals surface area contributed by atoms with Crippen LogP contribution in [0.25, 0.3) is 0 Å². The summed E-state index contributed by atoms with van der Waals surface area (Å²) in [4.78, 5) is 23.5. The Bertz CT molecular complexity index is 423. The Kier molecular flexibility index (Phi) is 2.92. The van der Waals surface area contributed by atoms with Gasteiger partial charge in [-0.2, -0.15) is 0 Å². The standard InChI is InChI=1S/C12H17N3O2/c1-12(2,15-7-3-4-8-15)11(17)14-9-5-6-13-10(9)16/h3-4,7-9H,5-6H2,1-2H3,(H,13,16)(H,14,17)/t9-/m1/s1. The van der Waals surface area contributed by atoms with Crippen molar-refractivity contribution < 1.29 is 9.59 Å². The first-order valence-corrected chi connectivity index (χ1v) is 5.74. The van der Waals surface area contributed by atoms with E-state index in [1.54, 1.807) is 0 Å². The third kappa shape index (κ3) is 2.18. The largest absolute Gasteiger partial charge is 0.354 e. The Balaban J connectivity index is 2.07. The zero-order valence-electron chi connectivity index (χ0n) is 10.1. The van der Waals surface area contributed by atoms with Crippen LogP contribution in [-0.4, -0.2) is 29.0 Å². The number of hydrogen-bond donors (Lipinski definition) is 2. The van der Waals surface area contributed by atoms with E-state index in [9.17, 15) is 9.59 Å². The summed E-state index contributed by atoms with van der Waals surface area (Å²) in [6.07, 6.45) is 4.34. The Morgan fingerprint density at radius 1 is 1.47 bits per heavy atom. The molecule has 0 radical (unpaired) electrons. The summed E-state index contributed by atoms with van der Waals surface area (Å²) in [7, 11) is 0. The van der Waals surface area contributed by atoms with Gasteiger partial charge in [-0.15, -0.1) is 0 Å². The summed E-state index contributed by atoms with van der Waals surface area (Å²) in [6, 6.07) is 3.35. The maximum Gasteiger partial charge on any atom is 0.246 e. The van der Waals surface area contributed by atoms with E-state index in [1.165, 1.54) is 0 Å². The van der Waals surface area contributed by atoms with Crippen LogP contribution in [0.3, 0.4) is 0 Å². The minimum absolute atomic E-state index is 0.0957. The highest BCUT2D eigenvalue weighted by molar-refractivity contribution is 5.91. The van der Waals surface area contributed by atoms with Gasteiger partial charge in [0.1, 0.15) is 11.6 Å². The monoisotopic (exact) mass is 235 g/mol. The number of aromatic nitrogens is 1. The molecule has 2 amide bonds. The number of carbonyl (C=O) groups excluding carboxylic acids is 2. The van der Waals surface area contributed by atoms with Gasteiger partial charge in [0, 0.05) is 18.9 Å². The fourth-order valence-corrected chi connectivity index (χ4v) is 1.89. The van der Waals surface area contributed by atoms with Crippen molar-refractivity contribution in [2.75, 3.05) is 6.54 Å². The molecule has 5 nitrogen and oxygen atoms in total. The van der Waals surface area contributed by atoms with Crippen molar-refractivity contribution in [3.05, 3.63) is 24.5 Å². The van der Waals surface area contributed by atoms with E-state index in [1.807, 2.05) is 42.9 Å². The Morgan fingerprint density at radius 2 is 2.12 bits per heavy atom. The predicted molar refractivity (Wildman–Crippen MR) is 63.3 cm³/mol. The normalized spacial score (nSPS) is 20.1. The molecule has 1 aliphatic rings. The minimum atomic E-state index is -0.688. The molecule has 0 bridgehead atoms. The lowest BCUT2D eigenvalue weighted by atomic mass is 10.0. The van der Waals surface area contributed by atoms with Crippen LogP contribution in [0.5, 0.6) is 0 Å². The van der Waals surface area contributed by atoms with Gasteiger partial charge in [-0.05, 0) is 32.4 Å². The molecule has 1 aliphatic heterocycles. The van der Waals surface area contributed by atoms with Crippen molar-refractivity contribution in [3.63, 3.8) is 0 Å². The smallest absolute Gasteiger partial charge is 0.246 e. The molecule has 1 saturated heterocycles. The van der Waals surface area contributed by atoms with E-state index in [0.717, 1.165) is 0 Å². The van der Waals surface area contributed by atoms with Crippen LogP contribution in [0.1, 0.15) is 20.3 Å². The van der Waals surface area contributed by atoms with Crippen molar-refractivity contribution in [2.45, 2.75) is 31.8 Å². The molecule has 0 saturated carbocycles. The predicted octanol–water partition coefficient (Wildman–Crippen LogP) is 0.228. The summed E-state index contributed by atoms with van der Waals surface area (Å²) in [5.41, 5.74) is -0.688. The highest BCUT2D eigenvalue weighted by atomic mass is 16.2. The highest BCUT2D eigenvalue weighted by Gasteiger charge is 2.33. The summed E-state index contributed by atoms with van der Waals surface area (Å²) in [5, 5.41) is 5.49. The number of carbonyl (C=O) groups is 2. The first kappa shape index (κ1) is 11.7. The second-order valence-corrected chi connectivity index (χ2v) is 4.76. The van der Waals surface area contributed by atoms with Gasteiger partial charge in [0.05, 0.1) is 0 Å². The summed E-state index contributed by atoms with van der Waals surface area (Å²) in [6.45, 7) is 4.29. The SMILES string of the molecule is CC(C)(C(=O)N[C@@H]1CCNC1=O)n1cccc1. The Labute approximate surface area is 100 Å². The zero-order chi connectivity index (χ0) is 12.5. The maximum atomic E-state index is 12.2. The third-order valence-corrected chi connectivity index (χ3v) is 3.16. The molecule has 0 unspecified atom stereocenters. The summed E-state index contributed by atoms with van der Waals surface area (Å²) in [5.74, 6) is -0.239. The van der Waals surface area contributed by atoms with Gasteiger partial charge in [-0.25, -0.2) is 0 Å². The molecule has 5 heteroatoms. The first-order chi connectivity index (χ1) is 8.01. The maximum absolute atomic E-state index is 12.2. The molecule has 2 rings (SSSR count). The Hall–Kier alpha value is -1.78. The molecule has 1 fully saturated rings. The van der Waals surface area contributed by atoms with E-state index >= 15 is 0 Å². The van der Waals surface area contributed by atoms with Gasteiger partial charge >= 0.3 is 0 Å². The molecule has 0 aliphatic carbocycles. The zero-order valence-corrected chi connectivity index (χ0v) is 10.1. The average molecular weight is 235 g/mol. The van der Waals surface area contributed by atoms with E-state index in [2.05, 4.69) is 10.6 Å². The summed E-state index contributed by atoms with van der Waals surface area (Å²) >= 11 is 0. The fourth-order valence-electron chi connectivity index (χ4n) is 1.89. The Morgan fingerprint density at radius 3 is 2.65 bits per heavy atom. The van der Waals surface area contributed by atoms with E-state index in [-0.39, 0.29) is 11.8 Å². The molecule has 1 atom stereocenters. The first-order valence-electron chi connectivity index (χ1n) is 5.74. The van der Waals surface area contributed by atoms with E-state index in [4.69, 9.17) is 0 Å². The van der Waals surface area contributed by atoms with Gasteiger partial charge in [-0.3, -0.25) is 9.59 Å². The van der Waals surface area contributed by atoms with Crippen molar-refractivity contribution >= 4 is 11.8 Å². The number of nitrogens with zero attached hydrogens (tertiary/aromatic N) is 1. The lowest BCUT2D eigenvalue weighted by Gasteiger charge is -2.27. The minimum Gasteiger partial charge on any atom is -0.354 e. The molecule has 1 aromatic heterocycles. The average Bonchev–Trinajstić information content (AvgIpc) is 2.90. The van der Waals surface area contributed by atoms with E-state index in [0.29, 0.717) is 13.0 Å². The highest BCUT2D eigenvalue weighted by Crippen LogP contribution is 2.16. The van der Waals surface area contributed by atoms with Gasteiger partial charge in [0.25, 0.3) is 0 Å². The third-order valence-electron chi connectivity index (χ3n) is 3.16. The van der Waals surface area contributed by atoms with Crippen LogP contribution in [0, 0.1) is 0 Å². The van der Waals surface area contributed by atoms with Gasteiger partial charge in [0.15, 0.2) is 0 Å². The molecule has 0 aromatic carbocycles. The number of rotatable bonds is 3. The van der Waals surface area contributed by atoms with Crippen molar-refractivity contribution in [1.29, 1.82) is 0 Å².